The lowest BCUT2D eigenvalue weighted by atomic mass is 9.77. The van der Waals surface area contributed by atoms with Gasteiger partial charge in [-0.05, 0) is 148 Å². The fourth-order valence-electron chi connectivity index (χ4n) is 11.6. The van der Waals surface area contributed by atoms with Crippen LogP contribution in [0.15, 0.2) is 89.6 Å². The van der Waals surface area contributed by atoms with E-state index in [1.54, 1.807) is 29.2 Å². The third kappa shape index (κ3) is 12.4. The minimum absolute atomic E-state index is 0.0193. The van der Waals surface area contributed by atoms with Crippen molar-refractivity contribution < 1.29 is 52.1 Å². The Morgan fingerprint density at radius 2 is 1.65 bits per heavy atom. The largest absolute Gasteiger partial charge is 0.493 e. The van der Waals surface area contributed by atoms with Gasteiger partial charge in [0.25, 0.3) is 11.8 Å². The Kier molecular flexibility index (Phi) is 17.1. The number of hydrogen-bond donors (Lipinski definition) is 1. The van der Waals surface area contributed by atoms with Crippen molar-refractivity contribution in [1.82, 2.24) is 24.9 Å². The second kappa shape index (κ2) is 24.1. The van der Waals surface area contributed by atoms with E-state index >= 15 is 0 Å². The predicted molar refractivity (Wildman–Crippen MR) is 290 cm³/mol. The maximum atomic E-state index is 14.7. The minimum Gasteiger partial charge on any atom is -0.493 e. The molecule has 2 fully saturated rings. The highest BCUT2D eigenvalue weighted by molar-refractivity contribution is 6.33. The van der Waals surface area contributed by atoms with Gasteiger partial charge >= 0.3 is 11.9 Å². The number of ether oxygens (including phenoxy) is 4. The first-order valence-corrected chi connectivity index (χ1v) is 27.1. The molecule has 9 rings (SSSR count). The number of hydrogen-bond acceptors (Lipinski definition) is 12. The van der Waals surface area contributed by atoms with Gasteiger partial charge in [-0.15, -0.1) is 0 Å². The topological polar surface area (TPSA) is 164 Å². The van der Waals surface area contributed by atoms with Crippen molar-refractivity contribution in [3.63, 3.8) is 0 Å². The van der Waals surface area contributed by atoms with E-state index in [1.807, 2.05) is 30.3 Å². The molecule has 4 aliphatic heterocycles. The molecule has 5 aliphatic rings. The molecule has 0 spiro atoms. The molecule has 0 saturated carbocycles. The van der Waals surface area contributed by atoms with Crippen LogP contribution < -0.4 is 14.8 Å². The Morgan fingerprint density at radius 3 is 2.43 bits per heavy atom. The highest BCUT2D eigenvalue weighted by Crippen LogP contribution is 2.45. The average Bonchev–Trinajstić information content (AvgIpc) is 3.67. The van der Waals surface area contributed by atoms with E-state index in [4.69, 9.17) is 30.5 Å². The first-order valence-electron chi connectivity index (χ1n) is 26.8. The number of imide groups is 1. The molecule has 77 heavy (non-hydrogen) atoms. The van der Waals surface area contributed by atoms with Gasteiger partial charge in [0.1, 0.15) is 23.4 Å². The number of carbonyl (C=O) groups excluding carboxylic acids is 6. The van der Waals surface area contributed by atoms with Crippen molar-refractivity contribution in [2.24, 2.45) is 5.92 Å². The van der Waals surface area contributed by atoms with Crippen LogP contribution in [0.1, 0.15) is 112 Å². The number of piperidine rings is 1. The third-order valence-corrected chi connectivity index (χ3v) is 16.0. The summed E-state index contributed by atoms with van der Waals surface area (Å²) in [6.07, 6.45) is 5.98. The van der Waals surface area contributed by atoms with Crippen LogP contribution in [0.2, 0.25) is 5.02 Å². The summed E-state index contributed by atoms with van der Waals surface area (Å²) in [7, 11) is 2.10. The average molecular weight is 1070 g/mol. The molecule has 3 atom stereocenters. The number of allylic oxidation sites excluding steroid dienone is 4. The molecule has 4 aromatic carbocycles. The number of nitrogens with zero attached hydrogens (tertiary/aromatic N) is 4. The highest BCUT2D eigenvalue weighted by Gasteiger charge is 2.40. The van der Waals surface area contributed by atoms with Crippen LogP contribution in [0, 0.1) is 11.7 Å². The number of halogens is 2. The quantitative estimate of drug-likeness (QED) is 0.0491. The summed E-state index contributed by atoms with van der Waals surface area (Å²) in [5.74, 6) is -1.75. The molecule has 2 saturated heterocycles. The standard InChI is InChI=1S/C60H67ClFN5O10/c1-36-10-8-25-64(5)37(2)56(36)57-46-18-16-40(24-26-65-27-29-66(30-28-65)55(70)35-75-53-15-7-12-47-49(53)34-67(59(47)72)51-22-23-54(69)63-58(51)71)32-48(60(73)77-39(4)76-38(3)68)44(45(46)20-21-50(57)61)13-9-31-74-52-14-6-11-41-33-42(62)17-19-43(41)52/h6-7,10-12,14-15,17,19-21,33,39-40,51H,8-9,13,16,18,22-32,34-35H2,1-5H3,(H,63,69,71)/b48-44+. The van der Waals surface area contributed by atoms with Crippen LogP contribution in [0.5, 0.6) is 11.5 Å². The van der Waals surface area contributed by atoms with Gasteiger partial charge in [0.05, 0.1) is 13.2 Å². The number of piperazine rings is 1. The summed E-state index contributed by atoms with van der Waals surface area (Å²) in [4.78, 5) is 86.1. The molecule has 17 heteroatoms. The number of nitrogens with one attached hydrogen (secondary N) is 1. The van der Waals surface area contributed by atoms with Crippen LogP contribution in [-0.2, 0) is 46.4 Å². The normalized spacial score (nSPS) is 20.6. The second-order valence-corrected chi connectivity index (χ2v) is 21.1. The molecule has 1 aliphatic carbocycles. The van der Waals surface area contributed by atoms with Crippen molar-refractivity contribution in [3.05, 3.63) is 128 Å². The van der Waals surface area contributed by atoms with Crippen molar-refractivity contribution in [1.29, 1.82) is 0 Å². The first-order chi connectivity index (χ1) is 37.0. The molecule has 15 nitrogen and oxygen atoms in total. The number of esters is 2. The van der Waals surface area contributed by atoms with Gasteiger partial charge in [0, 0.05) is 104 Å². The van der Waals surface area contributed by atoms with Crippen molar-refractivity contribution in [2.75, 3.05) is 59.5 Å². The number of amides is 4. The molecule has 0 radical (unpaired) electrons. The van der Waals surface area contributed by atoms with Crippen LogP contribution in [0.25, 0.3) is 21.9 Å². The third-order valence-electron chi connectivity index (χ3n) is 15.7. The minimum atomic E-state index is -1.13. The van der Waals surface area contributed by atoms with Crippen molar-refractivity contribution in [3.8, 4) is 11.5 Å². The molecule has 0 aromatic heterocycles. The monoisotopic (exact) mass is 1070 g/mol. The summed E-state index contributed by atoms with van der Waals surface area (Å²) in [5, 5.41) is 4.48. The Morgan fingerprint density at radius 1 is 0.870 bits per heavy atom. The zero-order valence-electron chi connectivity index (χ0n) is 44.5. The lowest BCUT2D eigenvalue weighted by molar-refractivity contribution is -0.180. The number of rotatable bonds is 16. The lowest BCUT2D eigenvalue weighted by Crippen LogP contribution is -2.52. The van der Waals surface area contributed by atoms with Gasteiger partial charge in [-0.1, -0.05) is 41.9 Å². The Hall–Kier alpha value is -7.04. The van der Waals surface area contributed by atoms with Gasteiger partial charge in [-0.25, -0.2) is 9.18 Å². The summed E-state index contributed by atoms with van der Waals surface area (Å²) in [6, 6.07) is 18.5. The maximum Gasteiger partial charge on any atom is 0.337 e. The summed E-state index contributed by atoms with van der Waals surface area (Å²) in [5.41, 5.74) is 8.58. The van der Waals surface area contributed by atoms with Gasteiger partial charge in [0.15, 0.2) is 6.61 Å². The molecule has 1 N–H and O–H groups in total. The molecule has 4 aromatic rings. The SMILES string of the molecule is CC(=O)OC(C)OC(=O)/C1=C(\CCCOc2cccc3cc(F)ccc23)c2ccc(Cl)c(C3=C(C)N(C)CCC=C3C)c2CCC(CCN2CCN(C(=O)COc3cccc4c3CN(C3CCC(=O)NC3=O)C4=O)CC2)C1. The molecule has 4 heterocycles. The molecular formula is C60H67ClFN5O10. The summed E-state index contributed by atoms with van der Waals surface area (Å²) in [6.45, 7) is 11.1. The highest BCUT2D eigenvalue weighted by atomic mass is 35.5. The van der Waals surface area contributed by atoms with Crippen LogP contribution in [0.3, 0.4) is 0 Å². The Balaban J connectivity index is 0.929. The van der Waals surface area contributed by atoms with Crippen LogP contribution >= 0.6 is 11.6 Å². The molecule has 3 unspecified atom stereocenters. The molecule has 0 bridgehead atoms. The van der Waals surface area contributed by atoms with Gasteiger partial charge in [0.2, 0.25) is 18.1 Å². The van der Waals surface area contributed by atoms with Crippen molar-refractivity contribution >= 4 is 69.1 Å². The molecule has 4 amide bonds. The smallest absolute Gasteiger partial charge is 0.337 e. The van der Waals surface area contributed by atoms with Crippen LogP contribution in [0.4, 0.5) is 4.39 Å². The number of carbonyl (C=O) groups is 6. The number of fused-ring (bicyclic) bond motifs is 3. The Labute approximate surface area is 453 Å². The fourth-order valence-corrected chi connectivity index (χ4v) is 11.8. The number of benzene rings is 4. The zero-order valence-corrected chi connectivity index (χ0v) is 45.3. The zero-order chi connectivity index (χ0) is 54.5. The maximum absolute atomic E-state index is 14.7. The van der Waals surface area contributed by atoms with E-state index in [9.17, 15) is 33.2 Å². The second-order valence-electron chi connectivity index (χ2n) is 20.7. The van der Waals surface area contributed by atoms with Gasteiger partial charge in [-0.3, -0.25) is 34.2 Å². The fraction of sp³-hybridized carbons (Fsp3) is 0.433. The Bertz CT molecular complexity index is 3090. The molecular weight excluding hydrogens is 1010 g/mol. The summed E-state index contributed by atoms with van der Waals surface area (Å²) >= 11 is 7.33. The van der Waals surface area contributed by atoms with E-state index in [0.29, 0.717) is 98.2 Å². The van der Waals surface area contributed by atoms with E-state index in [-0.39, 0.29) is 55.4 Å². The molecule has 406 valence electrons. The van der Waals surface area contributed by atoms with E-state index < -0.39 is 30.2 Å². The van der Waals surface area contributed by atoms with Gasteiger partial charge in [-0.2, -0.15) is 0 Å². The van der Waals surface area contributed by atoms with E-state index in [0.717, 1.165) is 75.7 Å². The van der Waals surface area contributed by atoms with Crippen LogP contribution in [-0.4, -0.2) is 127 Å². The lowest BCUT2D eigenvalue weighted by Gasteiger charge is -2.36. The first kappa shape index (κ1) is 54.7. The van der Waals surface area contributed by atoms with Crippen molar-refractivity contribution in [2.45, 2.75) is 104 Å². The van der Waals surface area contributed by atoms with Gasteiger partial charge < -0.3 is 33.6 Å². The van der Waals surface area contributed by atoms with E-state index in [2.05, 4.69) is 42.1 Å². The summed E-state index contributed by atoms with van der Waals surface area (Å²) < 4.78 is 37.9. The van der Waals surface area contributed by atoms with E-state index in [1.165, 1.54) is 30.9 Å². The predicted octanol–water partition coefficient (Wildman–Crippen LogP) is 9.04.